The third kappa shape index (κ3) is 5.53. The molecule has 0 unspecified atom stereocenters. The molecule has 14 rings (SSSR count). The molecule has 0 heterocycles. The molecule has 344 valence electrons. The van der Waals surface area contributed by atoms with Crippen molar-refractivity contribution in [2.75, 3.05) is 4.90 Å². The van der Waals surface area contributed by atoms with Crippen molar-refractivity contribution >= 4 is 38.6 Å². The molecule has 0 saturated carbocycles. The van der Waals surface area contributed by atoms with Gasteiger partial charge in [-0.05, 0) is 196 Å². The highest BCUT2D eigenvalue weighted by Gasteiger charge is 2.45. The molecule has 4 aliphatic rings. The van der Waals surface area contributed by atoms with E-state index in [-0.39, 0.29) is 21.7 Å². The number of fused-ring (bicyclic) bond motifs is 16. The van der Waals surface area contributed by atoms with E-state index in [1.165, 1.54) is 150 Å². The van der Waals surface area contributed by atoms with Crippen molar-refractivity contribution in [1.29, 1.82) is 0 Å². The van der Waals surface area contributed by atoms with Crippen molar-refractivity contribution in [3.05, 3.63) is 232 Å². The molecular weight excluding hydrogens is 855 g/mol. The number of benzene rings is 10. The van der Waals surface area contributed by atoms with Gasteiger partial charge in [-0.25, -0.2) is 0 Å². The van der Waals surface area contributed by atoms with Crippen LogP contribution >= 0.6 is 0 Å². The van der Waals surface area contributed by atoms with E-state index in [1.807, 2.05) is 0 Å². The second-order valence-corrected chi connectivity index (χ2v) is 23.4. The first kappa shape index (κ1) is 42.4. The molecule has 0 N–H and O–H groups in total. The minimum atomic E-state index is -0.230. The first-order valence-corrected chi connectivity index (χ1v) is 25.8. The van der Waals surface area contributed by atoms with Crippen molar-refractivity contribution < 1.29 is 0 Å². The largest absolute Gasteiger partial charge is 0.310 e. The van der Waals surface area contributed by atoms with E-state index in [2.05, 4.69) is 250 Å². The van der Waals surface area contributed by atoms with Crippen LogP contribution in [0.5, 0.6) is 0 Å². The monoisotopic (exact) mass is 913 g/mol. The lowest BCUT2D eigenvalue weighted by molar-refractivity contribution is 0.651. The van der Waals surface area contributed by atoms with E-state index >= 15 is 0 Å². The van der Waals surface area contributed by atoms with Crippen LogP contribution in [0.4, 0.5) is 17.1 Å². The number of para-hydroxylation sites is 1. The summed E-state index contributed by atoms with van der Waals surface area (Å²) in [6.45, 7) is 24.0. The third-order valence-corrected chi connectivity index (χ3v) is 18.1. The molecule has 0 spiro atoms. The van der Waals surface area contributed by atoms with E-state index in [4.69, 9.17) is 0 Å². The molecule has 1 nitrogen and oxygen atoms in total. The van der Waals surface area contributed by atoms with Crippen molar-refractivity contribution in [3.8, 4) is 55.6 Å². The molecule has 0 fully saturated rings. The summed E-state index contributed by atoms with van der Waals surface area (Å²) in [5, 5.41) is 5.42. The molecule has 0 atom stereocenters. The van der Waals surface area contributed by atoms with Gasteiger partial charge in [0.1, 0.15) is 0 Å². The van der Waals surface area contributed by atoms with E-state index in [0.29, 0.717) is 0 Å². The molecule has 4 aliphatic carbocycles. The molecule has 0 saturated heterocycles. The van der Waals surface area contributed by atoms with E-state index < -0.39 is 0 Å². The Labute approximate surface area is 419 Å². The molecule has 0 radical (unpaired) electrons. The average Bonchev–Trinajstić information content (AvgIpc) is 3.93. The molecule has 71 heavy (non-hydrogen) atoms. The Morgan fingerprint density at radius 2 is 0.648 bits per heavy atom. The van der Waals surface area contributed by atoms with Crippen molar-refractivity contribution in [3.63, 3.8) is 0 Å². The van der Waals surface area contributed by atoms with Crippen LogP contribution in [0.15, 0.2) is 176 Å². The van der Waals surface area contributed by atoms with Gasteiger partial charge in [-0.2, -0.15) is 0 Å². The zero-order valence-electron chi connectivity index (χ0n) is 42.7. The summed E-state index contributed by atoms with van der Waals surface area (Å²) in [6.07, 6.45) is 0. The van der Waals surface area contributed by atoms with Crippen LogP contribution in [0, 0.1) is 13.8 Å². The molecule has 10 aromatic rings. The first-order chi connectivity index (χ1) is 34.1. The molecule has 10 aromatic carbocycles. The fourth-order valence-corrected chi connectivity index (χ4v) is 14.2. The molecule has 1 heteroatoms. The molecule has 0 bridgehead atoms. The second-order valence-electron chi connectivity index (χ2n) is 23.4. The molecular formula is C70H59N. The van der Waals surface area contributed by atoms with Gasteiger partial charge in [0.05, 0.1) is 5.69 Å². The summed E-state index contributed by atoms with van der Waals surface area (Å²) in [7, 11) is 0. The Hall–Kier alpha value is -7.48. The topological polar surface area (TPSA) is 3.24 Å². The van der Waals surface area contributed by atoms with Gasteiger partial charge in [0, 0.05) is 38.6 Å². The lowest BCUT2D eigenvalue weighted by Crippen LogP contribution is -2.18. The Morgan fingerprint density at radius 1 is 0.282 bits per heavy atom. The van der Waals surface area contributed by atoms with Crippen LogP contribution in [0.3, 0.4) is 0 Å². The quantitative estimate of drug-likeness (QED) is 0.170. The van der Waals surface area contributed by atoms with Gasteiger partial charge in [0.2, 0.25) is 0 Å². The maximum absolute atomic E-state index is 2.57. The molecule has 0 aromatic heterocycles. The second kappa shape index (κ2) is 14.1. The maximum atomic E-state index is 2.57. The summed E-state index contributed by atoms with van der Waals surface area (Å²) in [5.41, 5.74) is 30.2. The number of hydrogen-bond acceptors (Lipinski definition) is 1. The molecule has 0 aliphatic heterocycles. The van der Waals surface area contributed by atoms with Gasteiger partial charge in [-0.15, -0.1) is 0 Å². The van der Waals surface area contributed by atoms with Gasteiger partial charge < -0.3 is 4.90 Å². The Morgan fingerprint density at radius 3 is 1.13 bits per heavy atom. The zero-order chi connectivity index (χ0) is 48.7. The van der Waals surface area contributed by atoms with Gasteiger partial charge in [0.25, 0.3) is 0 Å². The highest BCUT2D eigenvalue weighted by atomic mass is 15.1. The van der Waals surface area contributed by atoms with Crippen molar-refractivity contribution in [1.82, 2.24) is 0 Å². The van der Waals surface area contributed by atoms with Gasteiger partial charge in [-0.1, -0.05) is 177 Å². The van der Waals surface area contributed by atoms with Crippen molar-refractivity contribution in [2.45, 2.75) is 90.9 Å². The summed E-state index contributed by atoms with van der Waals surface area (Å²) >= 11 is 0. The Bertz CT molecular complexity index is 3780. The highest BCUT2D eigenvalue weighted by molar-refractivity contribution is 6.07. The van der Waals surface area contributed by atoms with Gasteiger partial charge in [-0.3, -0.25) is 0 Å². The van der Waals surface area contributed by atoms with E-state index in [1.54, 1.807) is 0 Å². The minimum absolute atomic E-state index is 0.116. The number of anilines is 3. The molecule has 0 amide bonds. The third-order valence-electron chi connectivity index (χ3n) is 18.1. The van der Waals surface area contributed by atoms with Crippen LogP contribution in [0.2, 0.25) is 0 Å². The minimum Gasteiger partial charge on any atom is -0.310 e. The summed E-state index contributed by atoms with van der Waals surface area (Å²) in [4.78, 5) is 2.54. The van der Waals surface area contributed by atoms with Gasteiger partial charge >= 0.3 is 0 Å². The zero-order valence-corrected chi connectivity index (χ0v) is 42.7. The van der Waals surface area contributed by atoms with E-state index in [0.717, 1.165) is 0 Å². The summed E-state index contributed by atoms with van der Waals surface area (Å²) in [5.74, 6) is 0. The first-order valence-electron chi connectivity index (χ1n) is 25.8. The van der Waals surface area contributed by atoms with Crippen LogP contribution < -0.4 is 4.90 Å². The standard InChI is InChI=1S/C70H59N/c1-40-32-62-65(50-25-16-14-22-45(40)50)54-38-58-52(36-60(54)69(62,7)8)48-30-28-43(34-56(48)67(58,3)4)71(64-27-19-18-24-47(64)42-20-12-11-13-21-42)44-29-31-49-53-37-61-55(39-59(53)68(5,6)57(49)35-44)66-51-26-17-15-23-46(51)41(2)33-63(66)70(61,9)10/h11-39H,1-10H3. The van der Waals surface area contributed by atoms with Crippen LogP contribution in [0.25, 0.3) is 77.2 Å². The Kier molecular flexibility index (Phi) is 8.42. The number of rotatable bonds is 4. The fraction of sp³-hybridized carbons (Fsp3) is 0.200. The maximum Gasteiger partial charge on any atom is 0.0540 e. The van der Waals surface area contributed by atoms with Crippen LogP contribution in [0.1, 0.15) is 111 Å². The normalized spacial score (nSPS) is 16.2. The van der Waals surface area contributed by atoms with Crippen LogP contribution in [-0.4, -0.2) is 0 Å². The number of aryl methyl sites for hydroxylation is 2. The summed E-state index contributed by atoms with van der Waals surface area (Å²) < 4.78 is 0. The lowest BCUT2D eigenvalue weighted by atomic mass is 9.79. The van der Waals surface area contributed by atoms with Crippen molar-refractivity contribution in [2.24, 2.45) is 0 Å². The lowest BCUT2D eigenvalue weighted by Gasteiger charge is -2.31. The van der Waals surface area contributed by atoms with E-state index in [9.17, 15) is 0 Å². The SMILES string of the molecule is Cc1cc2c(c3ccccc13)-c1cc3c(cc1C2(C)C)-c1ccc(N(c2ccc4c(c2)C(C)(C)c2cc5c(cc2-4)C(C)(C)c2cc(C)c4ccccc4c2-5)c2ccccc2-c2ccccc2)cc1C3(C)C. The fourth-order valence-electron chi connectivity index (χ4n) is 14.2. The smallest absolute Gasteiger partial charge is 0.0540 e. The highest BCUT2D eigenvalue weighted by Crippen LogP contribution is 2.61. The van der Waals surface area contributed by atoms with Crippen LogP contribution in [-0.2, 0) is 21.7 Å². The predicted molar refractivity (Wildman–Crippen MR) is 301 cm³/mol. The summed E-state index contributed by atoms with van der Waals surface area (Å²) in [6, 6.07) is 67.8. The predicted octanol–water partition coefficient (Wildman–Crippen LogP) is 19.0. The number of nitrogens with zero attached hydrogens (tertiary/aromatic N) is 1. The Balaban J connectivity index is 0.935. The average molecular weight is 914 g/mol. The van der Waals surface area contributed by atoms with Gasteiger partial charge in [0.15, 0.2) is 0 Å². The number of hydrogen-bond donors (Lipinski definition) is 0.